The zero-order valence-electron chi connectivity index (χ0n) is 11.1. The molecule has 0 bridgehead atoms. The number of benzene rings is 1. The van der Waals surface area contributed by atoms with Gasteiger partial charge in [0, 0.05) is 10.9 Å². The van der Waals surface area contributed by atoms with Gasteiger partial charge in [-0.05, 0) is 34.5 Å². The van der Waals surface area contributed by atoms with E-state index in [1.807, 2.05) is 0 Å². The van der Waals surface area contributed by atoms with Crippen molar-refractivity contribution in [3.05, 3.63) is 28.2 Å². The number of halogens is 1. The summed E-state index contributed by atoms with van der Waals surface area (Å²) in [5.41, 5.74) is -0.205. The number of methoxy groups -OCH3 is 1. The highest BCUT2D eigenvalue weighted by molar-refractivity contribution is 9.10. The second kappa shape index (κ2) is 7.41. The van der Waals surface area contributed by atoms with E-state index in [-0.39, 0.29) is 29.8 Å². The van der Waals surface area contributed by atoms with E-state index in [1.165, 1.54) is 25.3 Å². The van der Waals surface area contributed by atoms with Crippen molar-refractivity contribution < 1.29 is 27.9 Å². The Morgan fingerprint density at radius 2 is 2.05 bits per heavy atom. The van der Waals surface area contributed by atoms with Crippen LogP contribution in [0.5, 0.6) is 0 Å². The largest absolute Gasteiger partial charge is 0.478 e. The molecule has 116 valence electrons. The maximum Gasteiger partial charge on any atom is 0.337 e. The number of hydrogen-bond donors (Lipinski definition) is 2. The van der Waals surface area contributed by atoms with Crippen LogP contribution in [0.1, 0.15) is 23.2 Å². The topological polar surface area (TPSA) is 110 Å². The van der Waals surface area contributed by atoms with E-state index >= 15 is 0 Å². The number of nitrogens with one attached hydrogen (secondary N) is 1. The molecular weight excluding hydrogens is 366 g/mol. The maximum absolute atomic E-state index is 11.9. The van der Waals surface area contributed by atoms with Gasteiger partial charge >= 0.3 is 11.9 Å². The summed E-state index contributed by atoms with van der Waals surface area (Å²) in [5.74, 6) is -2.07. The fourth-order valence-corrected chi connectivity index (χ4v) is 3.28. The molecule has 7 nitrogen and oxygen atoms in total. The molecule has 0 fully saturated rings. The van der Waals surface area contributed by atoms with Crippen molar-refractivity contribution in [2.45, 2.75) is 12.8 Å². The summed E-state index contributed by atoms with van der Waals surface area (Å²) in [6.45, 7) is 0. The van der Waals surface area contributed by atoms with E-state index in [0.717, 1.165) is 0 Å². The second-order valence-corrected chi connectivity index (χ2v) is 6.76. The van der Waals surface area contributed by atoms with Gasteiger partial charge in [-0.3, -0.25) is 9.52 Å². The van der Waals surface area contributed by atoms with Crippen LogP contribution >= 0.6 is 15.9 Å². The number of para-hydroxylation sites is 1. The Labute approximate surface area is 130 Å². The number of esters is 1. The van der Waals surface area contributed by atoms with Crippen molar-refractivity contribution in [3.8, 4) is 0 Å². The Morgan fingerprint density at radius 1 is 1.38 bits per heavy atom. The van der Waals surface area contributed by atoms with Crippen molar-refractivity contribution >= 4 is 43.6 Å². The highest BCUT2D eigenvalue weighted by atomic mass is 79.9. The molecule has 0 atom stereocenters. The van der Waals surface area contributed by atoms with Gasteiger partial charge in [0.1, 0.15) is 0 Å². The van der Waals surface area contributed by atoms with Crippen LogP contribution in [-0.2, 0) is 19.6 Å². The molecule has 9 heteroatoms. The van der Waals surface area contributed by atoms with Gasteiger partial charge < -0.3 is 9.84 Å². The first-order valence-corrected chi connectivity index (χ1v) is 8.30. The van der Waals surface area contributed by atoms with Crippen molar-refractivity contribution in [1.29, 1.82) is 0 Å². The smallest absolute Gasteiger partial charge is 0.337 e. The van der Waals surface area contributed by atoms with E-state index in [4.69, 9.17) is 5.11 Å². The third kappa shape index (κ3) is 5.35. The average Bonchev–Trinajstić information content (AvgIpc) is 2.40. The first-order chi connectivity index (χ1) is 9.76. The van der Waals surface area contributed by atoms with Gasteiger partial charge in [0.15, 0.2) is 0 Å². The summed E-state index contributed by atoms with van der Waals surface area (Å²) in [5, 5.41) is 9.05. The lowest BCUT2D eigenvalue weighted by Gasteiger charge is -2.12. The molecule has 0 aliphatic carbocycles. The predicted molar refractivity (Wildman–Crippen MR) is 79.8 cm³/mol. The molecule has 0 heterocycles. The van der Waals surface area contributed by atoms with E-state index in [0.29, 0.717) is 4.47 Å². The van der Waals surface area contributed by atoms with Crippen LogP contribution in [-0.4, -0.2) is 38.3 Å². The van der Waals surface area contributed by atoms with E-state index in [9.17, 15) is 18.0 Å². The summed E-state index contributed by atoms with van der Waals surface area (Å²) in [6.07, 6.45) is 0.0496. The Bertz CT molecular complexity index is 643. The normalized spacial score (nSPS) is 11.0. The number of hydrogen-bond acceptors (Lipinski definition) is 5. The first kappa shape index (κ1) is 17.4. The minimum atomic E-state index is -3.77. The molecule has 0 aromatic heterocycles. The Morgan fingerprint density at radius 3 is 2.62 bits per heavy atom. The summed E-state index contributed by atoms with van der Waals surface area (Å²) in [7, 11) is -2.55. The Kier molecular flexibility index (Phi) is 6.16. The van der Waals surface area contributed by atoms with Crippen LogP contribution in [0.3, 0.4) is 0 Å². The molecule has 1 aromatic rings. The molecule has 0 aliphatic heterocycles. The molecule has 0 unspecified atom stereocenters. The molecule has 1 rings (SSSR count). The van der Waals surface area contributed by atoms with Crippen molar-refractivity contribution in [2.24, 2.45) is 0 Å². The highest BCUT2D eigenvalue weighted by Crippen LogP contribution is 2.27. The molecule has 0 amide bonds. The van der Waals surface area contributed by atoms with Crippen LogP contribution in [0.4, 0.5) is 5.69 Å². The van der Waals surface area contributed by atoms with Gasteiger partial charge in [-0.2, -0.15) is 0 Å². The standard InChI is InChI=1S/C12H14BrNO6S/c1-20-10(15)6-3-7-21(18,19)14-11-8(12(16)17)4-2-5-9(11)13/h2,4-5,14H,3,6-7H2,1H3,(H,16,17). The lowest BCUT2D eigenvalue weighted by Crippen LogP contribution is -2.19. The maximum atomic E-state index is 11.9. The number of carbonyl (C=O) groups excluding carboxylic acids is 1. The highest BCUT2D eigenvalue weighted by Gasteiger charge is 2.19. The van der Waals surface area contributed by atoms with Gasteiger partial charge in [0.25, 0.3) is 0 Å². The molecule has 0 aliphatic rings. The minimum Gasteiger partial charge on any atom is -0.478 e. The van der Waals surface area contributed by atoms with Crippen LogP contribution in [0, 0.1) is 0 Å². The molecule has 0 saturated carbocycles. The zero-order chi connectivity index (χ0) is 16.0. The van der Waals surface area contributed by atoms with E-state index < -0.39 is 22.0 Å². The molecule has 0 saturated heterocycles. The van der Waals surface area contributed by atoms with E-state index in [1.54, 1.807) is 0 Å². The predicted octanol–water partition coefficient (Wildman–Crippen LogP) is 1.84. The average molecular weight is 380 g/mol. The van der Waals surface area contributed by atoms with Crippen LogP contribution < -0.4 is 4.72 Å². The number of anilines is 1. The lowest BCUT2D eigenvalue weighted by atomic mass is 10.2. The number of rotatable bonds is 7. The summed E-state index contributed by atoms with van der Waals surface area (Å²) in [6, 6.07) is 4.31. The van der Waals surface area contributed by atoms with Crippen molar-refractivity contribution in [2.75, 3.05) is 17.6 Å². The number of sulfonamides is 1. The molecule has 21 heavy (non-hydrogen) atoms. The number of ether oxygens (including phenoxy) is 1. The Hall–Kier alpha value is -1.61. The van der Waals surface area contributed by atoms with Gasteiger partial charge in [0.2, 0.25) is 10.0 Å². The molecule has 1 aromatic carbocycles. The summed E-state index contributed by atoms with van der Waals surface area (Å²) >= 11 is 3.11. The van der Waals surface area contributed by atoms with Crippen LogP contribution in [0.2, 0.25) is 0 Å². The van der Waals surface area contributed by atoms with E-state index in [2.05, 4.69) is 25.4 Å². The van der Waals surface area contributed by atoms with Crippen LogP contribution in [0.15, 0.2) is 22.7 Å². The lowest BCUT2D eigenvalue weighted by molar-refractivity contribution is -0.140. The second-order valence-electron chi connectivity index (χ2n) is 4.07. The van der Waals surface area contributed by atoms with Gasteiger partial charge in [-0.1, -0.05) is 6.07 Å². The fourth-order valence-electron chi connectivity index (χ4n) is 1.52. The molecule has 0 spiro atoms. The molecular formula is C12H14BrNO6S. The van der Waals surface area contributed by atoms with Gasteiger partial charge in [0.05, 0.1) is 24.1 Å². The number of aromatic carboxylic acids is 1. The monoisotopic (exact) mass is 379 g/mol. The minimum absolute atomic E-state index is 0.0286. The zero-order valence-corrected chi connectivity index (χ0v) is 13.5. The SMILES string of the molecule is COC(=O)CCCS(=O)(=O)Nc1c(Br)cccc1C(=O)O. The third-order valence-electron chi connectivity index (χ3n) is 2.52. The Balaban J connectivity index is 2.85. The number of carbonyl (C=O) groups is 2. The van der Waals surface area contributed by atoms with Crippen molar-refractivity contribution in [1.82, 2.24) is 0 Å². The summed E-state index contributed by atoms with van der Waals surface area (Å²) in [4.78, 5) is 22.0. The third-order valence-corrected chi connectivity index (χ3v) is 4.53. The fraction of sp³-hybridized carbons (Fsp3) is 0.333. The quantitative estimate of drug-likeness (QED) is 0.699. The molecule has 0 radical (unpaired) electrons. The summed E-state index contributed by atoms with van der Waals surface area (Å²) < 4.78 is 30.8. The van der Waals surface area contributed by atoms with Crippen LogP contribution in [0.25, 0.3) is 0 Å². The number of carboxylic acids is 1. The first-order valence-electron chi connectivity index (χ1n) is 5.86. The number of carboxylic acid groups (broad SMARTS) is 1. The van der Waals surface area contributed by atoms with Crippen molar-refractivity contribution in [3.63, 3.8) is 0 Å². The van der Waals surface area contributed by atoms with Gasteiger partial charge in [-0.25, -0.2) is 13.2 Å². The molecule has 2 N–H and O–H groups in total. The van der Waals surface area contributed by atoms with Gasteiger partial charge in [-0.15, -0.1) is 0 Å².